The maximum atomic E-state index is 11.8. The topological polar surface area (TPSA) is 58.6 Å². The maximum Gasteiger partial charge on any atom is 0.411 e. The Bertz CT molecular complexity index is 421. The highest BCUT2D eigenvalue weighted by molar-refractivity contribution is 5.77. The number of benzene rings is 1. The molecule has 1 aromatic carbocycles. The highest BCUT2D eigenvalue weighted by Crippen LogP contribution is 2.14. The normalized spacial score (nSPS) is 11.4. The number of carbonyl (C=O) groups is 1. The van der Waals surface area contributed by atoms with Crippen LogP contribution in [0.3, 0.4) is 0 Å². The Morgan fingerprint density at radius 3 is 2.63 bits per heavy atom. The van der Waals surface area contributed by atoms with Crippen molar-refractivity contribution in [3.8, 4) is 0 Å². The van der Waals surface area contributed by atoms with Crippen molar-refractivity contribution in [2.24, 2.45) is 0 Å². The summed E-state index contributed by atoms with van der Waals surface area (Å²) in [5.74, 6) is -0.626. The van der Waals surface area contributed by atoms with Crippen molar-refractivity contribution in [3.05, 3.63) is 35.4 Å². The standard InChI is InChI=1S/C12H14F3NO3/c13-12(14,15)8-19-7-11(18)16-5-9-2-1-3-10(4-9)6-17/h1-4,17H,5-8H2,(H,16,18). The number of rotatable bonds is 6. The minimum Gasteiger partial charge on any atom is -0.392 e. The van der Waals surface area contributed by atoms with Gasteiger partial charge in [-0.25, -0.2) is 0 Å². The Labute approximate surface area is 108 Å². The first-order valence-electron chi connectivity index (χ1n) is 5.50. The number of carbonyl (C=O) groups excluding carboxylic acids is 1. The van der Waals surface area contributed by atoms with Gasteiger partial charge >= 0.3 is 6.18 Å². The van der Waals surface area contributed by atoms with E-state index in [1.165, 1.54) is 0 Å². The molecule has 0 atom stereocenters. The van der Waals surface area contributed by atoms with Crippen molar-refractivity contribution < 1.29 is 27.8 Å². The van der Waals surface area contributed by atoms with Gasteiger partial charge in [0.15, 0.2) is 0 Å². The van der Waals surface area contributed by atoms with Crippen molar-refractivity contribution in [2.75, 3.05) is 13.2 Å². The van der Waals surface area contributed by atoms with Crippen LogP contribution in [0.2, 0.25) is 0 Å². The molecule has 19 heavy (non-hydrogen) atoms. The van der Waals surface area contributed by atoms with Gasteiger partial charge in [0.05, 0.1) is 6.61 Å². The van der Waals surface area contributed by atoms with Crippen LogP contribution in [0.4, 0.5) is 13.2 Å². The number of amides is 1. The van der Waals surface area contributed by atoms with Gasteiger partial charge in [0.25, 0.3) is 0 Å². The molecule has 0 aliphatic carbocycles. The predicted molar refractivity (Wildman–Crippen MR) is 61.1 cm³/mol. The molecule has 0 spiro atoms. The molecule has 0 unspecified atom stereocenters. The average molecular weight is 277 g/mol. The minimum absolute atomic E-state index is 0.115. The molecule has 4 nitrogen and oxygen atoms in total. The number of hydrogen-bond donors (Lipinski definition) is 2. The average Bonchev–Trinajstić information content (AvgIpc) is 2.35. The van der Waals surface area contributed by atoms with Gasteiger partial charge in [-0.2, -0.15) is 13.2 Å². The van der Waals surface area contributed by atoms with Gasteiger partial charge in [0.2, 0.25) is 5.91 Å². The van der Waals surface area contributed by atoms with Crippen LogP contribution in [0, 0.1) is 0 Å². The van der Waals surface area contributed by atoms with E-state index >= 15 is 0 Å². The first-order chi connectivity index (χ1) is 8.90. The van der Waals surface area contributed by atoms with E-state index in [4.69, 9.17) is 5.11 Å². The van der Waals surface area contributed by atoms with Crippen LogP contribution >= 0.6 is 0 Å². The molecule has 0 fully saturated rings. The fourth-order valence-electron chi connectivity index (χ4n) is 1.35. The van der Waals surface area contributed by atoms with Gasteiger partial charge in [-0.05, 0) is 11.1 Å². The second-order valence-electron chi connectivity index (χ2n) is 3.86. The lowest BCUT2D eigenvalue weighted by molar-refractivity contribution is -0.175. The molecule has 106 valence electrons. The zero-order valence-corrected chi connectivity index (χ0v) is 10.0. The van der Waals surface area contributed by atoms with Crippen LogP contribution in [-0.4, -0.2) is 30.4 Å². The van der Waals surface area contributed by atoms with E-state index in [1.54, 1.807) is 24.3 Å². The molecule has 1 aromatic rings. The molecule has 1 amide bonds. The third-order valence-electron chi connectivity index (χ3n) is 2.16. The molecule has 7 heteroatoms. The summed E-state index contributed by atoms with van der Waals surface area (Å²) in [6.07, 6.45) is -4.43. The Balaban J connectivity index is 2.29. The van der Waals surface area contributed by atoms with Crippen molar-refractivity contribution >= 4 is 5.91 Å². The van der Waals surface area contributed by atoms with E-state index in [9.17, 15) is 18.0 Å². The number of aliphatic hydroxyl groups is 1. The van der Waals surface area contributed by atoms with Crippen LogP contribution < -0.4 is 5.32 Å². The Kier molecular flexibility index (Phi) is 5.78. The minimum atomic E-state index is -4.43. The van der Waals surface area contributed by atoms with Crippen molar-refractivity contribution in [3.63, 3.8) is 0 Å². The smallest absolute Gasteiger partial charge is 0.392 e. The quantitative estimate of drug-likeness (QED) is 0.825. The highest BCUT2D eigenvalue weighted by atomic mass is 19.4. The first-order valence-corrected chi connectivity index (χ1v) is 5.50. The van der Waals surface area contributed by atoms with Gasteiger partial charge in [0.1, 0.15) is 13.2 Å². The molecule has 0 bridgehead atoms. The van der Waals surface area contributed by atoms with Crippen LogP contribution in [0.25, 0.3) is 0 Å². The number of hydrogen-bond acceptors (Lipinski definition) is 3. The number of halogens is 3. The van der Waals surface area contributed by atoms with Crippen LogP contribution in [-0.2, 0) is 22.7 Å². The summed E-state index contributed by atoms with van der Waals surface area (Å²) in [6, 6.07) is 6.86. The first kappa shape index (κ1) is 15.5. The van der Waals surface area contributed by atoms with E-state index < -0.39 is 25.3 Å². The SMILES string of the molecule is O=C(COCC(F)(F)F)NCc1cccc(CO)c1. The van der Waals surface area contributed by atoms with Crippen LogP contribution in [0.1, 0.15) is 11.1 Å². The van der Waals surface area contributed by atoms with E-state index in [0.717, 1.165) is 5.56 Å². The van der Waals surface area contributed by atoms with Gasteiger partial charge in [-0.15, -0.1) is 0 Å². The Morgan fingerprint density at radius 2 is 2.00 bits per heavy atom. The zero-order chi connectivity index (χ0) is 14.3. The summed E-state index contributed by atoms with van der Waals surface area (Å²) in [6.45, 7) is -2.03. The fraction of sp³-hybridized carbons (Fsp3) is 0.417. The molecule has 0 saturated carbocycles. The fourth-order valence-corrected chi connectivity index (χ4v) is 1.35. The monoisotopic (exact) mass is 277 g/mol. The van der Waals surface area contributed by atoms with Crippen molar-refractivity contribution in [1.82, 2.24) is 5.32 Å². The molecule has 0 aromatic heterocycles. The summed E-state index contributed by atoms with van der Waals surface area (Å²) in [5.41, 5.74) is 1.44. The van der Waals surface area contributed by atoms with Crippen molar-refractivity contribution in [2.45, 2.75) is 19.3 Å². The third-order valence-corrected chi connectivity index (χ3v) is 2.16. The van der Waals surface area contributed by atoms with Gasteiger partial charge in [-0.3, -0.25) is 4.79 Å². The lowest BCUT2D eigenvalue weighted by Gasteiger charge is -2.08. The molecule has 1 rings (SSSR count). The van der Waals surface area contributed by atoms with Gasteiger partial charge in [0, 0.05) is 6.54 Å². The summed E-state index contributed by atoms with van der Waals surface area (Å²) < 4.78 is 39.5. The molecule has 0 aliphatic heterocycles. The molecule has 0 heterocycles. The third kappa shape index (κ3) is 6.78. The van der Waals surface area contributed by atoms with Gasteiger partial charge < -0.3 is 15.2 Å². The van der Waals surface area contributed by atoms with E-state index in [-0.39, 0.29) is 13.2 Å². The van der Waals surface area contributed by atoms with Crippen LogP contribution in [0.5, 0.6) is 0 Å². The number of aliphatic hydroxyl groups excluding tert-OH is 1. The maximum absolute atomic E-state index is 11.8. The lowest BCUT2D eigenvalue weighted by Crippen LogP contribution is -2.29. The zero-order valence-electron chi connectivity index (χ0n) is 10.0. The van der Waals surface area contributed by atoms with Gasteiger partial charge in [-0.1, -0.05) is 24.3 Å². The van der Waals surface area contributed by atoms with Crippen molar-refractivity contribution in [1.29, 1.82) is 0 Å². The number of alkyl halides is 3. The second-order valence-corrected chi connectivity index (χ2v) is 3.86. The van der Waals surface area contributed by atoms with E-state index in [1.807, 2.05) is 0 Å². The largest absolute Gasteiger partial charge is 0.411 e. The second kappa shape index (κ2) is 7.10. The molecule has 0 saturated heterocycles. The highest BCUT2D eigenvalue weighted by Gasteiger charge is 2.27. The molecule has 0 aliphatic rings. The molecule has 0 radical (unpaired) electrons. The summed E-state index contributed by atoms with van der Waals surface area (Å²) in [7, 11) is 0. The van der Waals surface area contributed by atoms with Crippen LogP contribution in [0.15, 0.2) is 24.3 Å². The summed E-state index contributed by atoms with van der Waals surface area (Å²) >= 11 is 0. The van der Waals surface area contributed by atoms with E-state index in [2.05, 4.69) is 10.1 Å². The molecular weight excluding hydrogens is 263 g/mol. The predicted octanol–water partition coefficient (Wildman–Crippen LogP) is 1.37. The Morgan fingerprint density at radius 1 is 1.32 bits per heavy atom. The Hall–Kier alpha value is -1.60. The summed E-state index contributed by atoms with van der Waals surface area (Å²) in [4.78, 5) is 11.2. The number of ether oxygens (including phenoxy) is 1. The lowest BCUT2D eigenvalue weighted by atomic mass is 10.1. The summed E-state index contributed by atoms with van der Waals surface area (Å²) in [5, 5.41) is 11.3. The molecule has 2 N–H and O–H groups in total. The number of nitrogens with one attached hydrogen (secondary N) is 1. The van der Waals surface area contributed by atoms with E-state index in [0.29, 0.717) is 5.56 Å². The molecular formula is C12H14F3NO3.